The Morgan fingerprint density at radius 2 is 2.17 bits per heavy atom. The first kappa shape index (κ1) is 13.8. The third-order valence-corrected chi connectivity index (χ3v) is 4.15. The molecule has 4 heteroatoms. The van der Waals surface area contributed by atoms with Gasteiger partial charge in [-0.1, -0.05) is 13.8 Å². The van der Waals surface area contributed by atoms with Crippen molar-refractivity contribution in [2.24, 2.45) is 5.92 Å². The quantitative estimate of drug-likeness (QED) is 0.822. The zero-order valence-corrected chi connectivity index (χ0v) is 12.4. The zero-order valence-electron chi connectivity index (χ0n) is 11.6. The number of rotatable bonds is 7. The monoisotopic (exact) mass is 265 g/mol. The lowest BCUT2D eigenvalue weighted by Crippen LogP contribution is -2.17. The van der Waals surface area contributed by atoms with Crippen molar-refractivity contribution in [2.75, 3.05) is 5.75 Å². The Balaban J connectivity index is 1.87. The van der Waals surface area contributed by atoms with E-state index in [0.29, 0.717) is 0 Å². The van der Waals surface area contributed by atoms with E-state index in [9.17, 15) is 0 Å². The number of hydrogen-bond donors (Lipinski definition) is 1. The minimum Gasteiger partial charge on any atom is -0.308 e. The molecule has 0 aromatic carbocycles. The number of nitrogens with zero attached hydrogens (tertiary/aromatic N) is 2. The lowest BCUT2D eigenvalue weighted by atomic mass is 10.3. The van der Waals surface area contributed by atoms with Crippen LogP contribution in [0.25, 0.3) is 0 Å². The molecule has 18 heavy (non-hydrogen) atoms. The van der Waals surface area contributed by atoms with Crippen LogP contribution in [0.1, 0.15) is 43.9 Å². The lowest BCUT2D eigenvalue weighted by Gasteiger charge is -2.07. The van der Waals surface area contributed by atoms with Crippen molar-refractivity contribution >= 4 is 11.8 Å². The Labute approximate surface area is 114 Å². The van der Waals surface area contributed by atoms with Crippen molar-refractivity contribution in [3.8, 4) is 0 Å². The van der Waals surface area contributed by atoms with Gasteiger partial charge in [-0.15, -0.1) is 0 Å². The van der Waals surface area contributed by atoms with Crippen LogP contribution in [0.5, 0.6) is 0 Å². The van der Waals surface area contributed by atoms with E-state index in [1.807, 2.05) is 11.8 Å². The van der Waals surface area contributed by atoms with Gasteiger partial charge in [0.15, 0.2) is 0 Å². The highest BCUT2D eigenvalue weighted by molar-refractivity contribution is 7.98. The SMILES string of the molecule is Cc1cc(CNC2CC2)nc(CSCC(C)C)n1. The van der Waals surface area contributed by atoms with Gasteiger partial charge in [0.2, 0.25) is 0 Å². The van der Waals surface area contributed by atoms with Crippen LogP contribution in [-0.2, 0) is 12.3 Å². The molecule has 0 amide bonds. The van der Waals surface area contributed by atoms with Gasteiger partial charge >= 0.3 is 0 Å². The Bertz CT molecular complexity index is 389. The van der Waals surface area contributed by atoms with Crippen molar-refractivity contribution in [3.63, 3.8) is 0 Å². The molecule has 0 bridgehead atoms. The number of aromatic nitrogens is 2. The average Bonchev–Trinajstić information content (AvgIpc) is 3.09. The highest BCUT2D eigenvalue weighted by Gasteiger charge is 2.20. The third kappa shape index (κ3) is 4.94. The van der Waals surface area contributed by atoms with Gasteiger partial charge in [-0.3, -0.25) is 0 Å². The first-order valence-electron chi connectivity index (χ1n) is 6.78. The van der Waals surface area contributed by atoms with Crippen molar-refractivity contribution in [1.82, 2.24) is 15.3 Å². The first-order chi connectivity index (χ1) is 8.63. The van der Waals surface area contributed by atoms with Crippen molar-refractivity contribution in [2.45, 2.75) is 52.0 Å². The molecular weight excluding hydrogens is 242 g/mol. The van der Waals surface area contributed by atoms with Crippen LogP contribution >= 0.6 is 11.8 Å². The molecule has 0 unspecified atom stereocenters. The summed E-state index contributed by atoms with van der Waals surface area (Å²) in [6.45, 7) is 7.43. The minimum absolute atomic E-state index is 0.732. The van der Waals surface area contributed by atoms with Crippen LogP contribution in [0, 0.1) is 12.8 Å². The second-order valence-electron chi connectivity index (χ2n) is 5.48. The Hall–Kier alpha value is -0.610. The fourth-order valence-corrected chi connectivity index (χ4v) is 2.68. The fraction of sp³-hybridized carbons (Fsp3) is 0.714. The van der Waals surface area contributed by atoms with Crippen LogP contribution in [0.2, 0.25) is 0 Å². The van der Waals surface area contributed by atoms with E-state index in [0.717, 1.165) is 41.5 Å². The van der Waals surface area contributed by atoms with Crippen LogP contribution in [-0.4, -0.2) is 21.8 Å². The van der Waals surface area contributed by atoms with Gasteiger partial charge < -0.3 is 5.32 Å². The lowest BCUT2D eigenvalue weighted by molar-refractivity contribution is 0.668. The predicted octanol–water partition coefficient (Wildman–Crippen LogP) is 2.93. The molecule has 2 rings (SSSR count). The van der Waals surface area contributed by atoms with Crippen molar-refractivity contribution in [1.29, 1.82) is 0 Å². The average molecular weight is 265 g/mol. The van der Waals surface area contributed by atoms with E-state index >= 15 is 0 Å². The molecule has 1 aliphatic rings. The molecule has 0 spiro atoms. The second kappa shape index (κ2) is 6.53. The van der Waals surface area contributed by atoms with Crippen LogP contribution in [0.3, 0.4) is 0 Å². The van der Waals surface area contributed by atoms with Gasteiger partial charge in [-0.25, -0.2) is 9.97 Å². The van der Waals surface area contributed by atoms with Crippen LogP contribution < -0.4 is 5.32 Å². The summed E-state index contributed by atoms with van der Waals surface area (Å²) >= 11 is 1.92. The largest absolute Gasteiger partial charge is 0.308 e. The molecule has 1 aromatic heterocycles. The standard InChI is InChI=1S/C14H23N3S/c1-10(2)8-18-9-14-16-11(3)6-13(17-14)7-15-12-4-5-12/h6,10,12,15H,4-5,7-9H2,1-3H3. The Kier molecular flexibility index (Phi) is 5.01. The number of hydrogen-bond acceptors (Lipinski definition) is 4. The van der Waals surface area contributed by atoms with Gasteiger partial charge in [0.25, 0.3) is 0 Å². The van der Waals surface area contributed by atoms with Gasteiger partial charge in [0.05, 0.1) is 11.4 Å². The highest BCUT2D eigenvalue weighted by Crippen LogP contribution is 2.19. The molecule has 0 saturated heterocycles. The summed E-state index contributed by atoms with van der Waals surface area (Å²) in [6.07, 6.45) is 2.64. The second-order valence-corrected chi connectivity index (χ2v) is 6.51. The molecule has 1 N–H and O–H groups in total. The summed E-state index contributed by atoms with van der Waals surface area (Å²) in [4.78, 5) is 9.15. The van der Waals surface area contributed by atoms with Gasteiger partial charge in [-0.2, -0.15) is 11.8 Å². The normalized spacial score (nSPS) is 15.3. The number of aryl methyl sites for hydroxylation is 1. The maximum atomic E-state index is 4.64. The molecule has 0 aliphatic heterocycles. The van der Waals surface area contributed by atoms with E-state index in [1.54, 1.807) is 0 Å². The first-order valence-corrected chi connectivity index (χ1v) is 7.93. The number of thioether (sulfide) groups is 1. The maximum absolute atomic E-state index is 4.64. The van der Waals surface area contributed by atoms with Crippen LogP contribution in [0.15, 0.2) is 6.07 Å². The molecule has 0 atom stereocenters. The van der Waals surface area contributed by atoms with E-state index in [1.165, 1.54) is 18.6 Å². The maximum Gasteiger partial charge on any atom is 0.138 e. The van der Waals surface area contributed by atoms with Gasteiger partial charge in [0, 0.05) is 18.3 Å². The van der Waals surface area contributed by atoms with E-state index in [4.69, 9.17) is 0 Å². The van der Waals surface area contributed by atoms with Crippen LogP contribution in [0.4, 0.5) is 0 Å². The molecule has 1 saturated carbocycles. The minimum atomic E-state index is 0.732. The Morgan fingerprint density at radius 3 is 2.83 bits per heavy atom. The molecule has 1 aromatic rings. The fourth-order valence-electron chi connectivity index (χ4n) is 1.78. The summed E-state index contributed by atoms with van der Waals surface area (Å²) in [5.41, 5.74) is 2.22. The summed E-state index contributed by atoms with van der Waals surface area (Å²) in [7, 11) is 0. The van der Waals surface area contributed by atoms with E-state index in [2.05, 4.69) is 42.1 Å². The Morgan fingerprint density at radius 1 is 1.39 bits per heavy atom. The van der Waals surface area contributed by atoms with Gasteiger partial charge in [0.1, 0.15) is 5.82 Å². The predicted molar refractivity (Wildman–Crippen MR) is 77.6 cm³/mol. The molecule has 1 fully saturated rings. The topological polar surface area (TPSA) is 37.8 Å². The third-order valence-electron chi connectivity index (χ3n) is 2.79. The van der Waals surface area contributed by atoms with E-state index < -0.39 is 0 Å². The summed E-state index contributed by atoms with van der Waals surface area (Å²) in [5.74, 6) is 3.81. The van der Waals surface area contributed by atoms with Crippen molar-refractivity contribution in [3.05, 3.63) is 23.3 Å². The van der Waals surface area contributed by atoms with Crippen molar-refractivity contribution < 1.29 is 0 Å². The number of nitrogens with one attached hydrogen (secondary N) is 1. The summed E-state index contributed by atoms with van der Waals surface area (Å²) in [6, 6.07) is 2.82. The molecular formula is C14H23N3S. The summed E-state index contributed by atoms with van der Waals surface area (Å²) in [5, 5.41) is 3.50. The molecule has 1 heterocycles. The molecule has 1 aliphatic carbocycles. The van der Waals surface area contributed by atoms with E-state index in [-0.39, 0.29) is 0 Å². The molecule has 100 valence electrons. The van der Waals surface area contributed by atoms with Gasteiger partial charge in [-0.05, 0) is 37.5 Å². The molecule has 0 radical (unpaired) electrons. The summed E-state index contributed by atoms with van der Waals surface area (Å²) < 4.78 is 0. The molecule has 3 nitrogen and oxygen atoms in total. The highest BCUT2D eigenvalue weighted by atomic mass is 32.2. The zero-order chi connectivity index (χ0) is 13.0. The smallest absolute Gasteiger partial charge is 0.138 e.